The van der Waals surface area contributed by atoms with Gasteiger partial charge in [0.25, 0.3) is 11.5 Å². The lowest BCUT2D eigenvalue weighted by atomic mass is 10.1. The van der Waals surface area contributed by atoms with Gasteiger partial charge in [-0.05, 0) is 42.0 Å². The zero-order chi connectivity index (χ0) is 26.4. The van der Waals surface area contributed by atoms with Crippen molar-refractivity contribution in [1.29, 1.82) is 0 Å². The maximum absolute atomic E-state index is 12.9. The first kappa shape index (κ1) is 26.3. The molecule has 4 aromatic rings. The van der Waals surface area contributed by atoms with Crippen LogP contribution in [0.1, 0.15) is 12.5 Å². The highest BCUT2D eigenvalue weighted by atomic mass is 32.1. The minimum Gasteiger partial charge on any atom is -0.493 e. The van der Waals surface area contributed by atoms with Crippen LogP contribution in [0.2, 0.25) is 0 Å². The van der Waals surface area contributed by atoms with Crippen LogP contribution in [0.25, 0.3) is 22.4 Å². The number of carboxylic acids is 1. The van der Waals surface area contributed by atoms with E-state index in [1.165, 1.54) is 23.0 Å². The molecule has 2 aromatic heterocycles. The average Bonchev–Trinajstić information content (AvgIpc) is 3.41. The molecule has 190 valence electrons. The van der Waals surface area contributed by atoms with E-state index in [4.69, 9.17) is 33.6 Å². The van der Waals surface area contributed by atoms with Crippen LogP contribution in [0.5, 0.6) is 28.7 Å². The highest BCUT2D eigenvalue weighted by Gasteiger charge is 2.16. The van der Waals surface area contributed by atoms with Crippen LogP contribution in [0, 0.1) is 0 Å². The van der Waals surface area contributed by atoms with Gasteiger partial charge in [0.1, 0.15) is 0 Å². The summed E-state index contributed by atoms with van der Waals surface area (Å²) in [6, 6.07) is 8.89. The highest BCUT2D eigenvalue weighted by Crippen LogP contribution is 2.38. The molecule has 0 radical (unpaired) electrons. The quantitative estimate of drug-likeness (QED) is 0.392. The first-order valence-corrected chi connectivity index (χ1v) is 11.2. The average molecular weight is 516 g/mol. The number of carbonyl (C=O) groups is 1. The van der Waals surface area contributed by atoms with Crippen LogP contribution in [0.3, 0.4) is 0 Å². The van der Waals surface area contributed by atoms with Gasteiger partial charge in [-0.1, -0.05) is 11.3 Å². The number of rotatable bonds is 7. The largest absolute Gasteiger partial charge is 0.493 e. The van der Waals surface area contributed by atoms with Gasteiger partial charge in [-0.25, -0.2) is 0 Å². The van der Waals surface area contributed by atoms with Gasteiger partial charge >= 0.3 is 0 Å². The van der Waals surface area contributed by atoms with Crippen molar-refractivity contribution in [2.75, 3.05) is 35.5 Å². The van der Waals surface area contributed by atoms with Crippen molar-refractivity contribution in [3.63, 3.8) is 0 Å². The molecular formula is C24H25N3O8S. The fourth-order valence-corrected chi connectivity index (χ4v) is 4.18. The Morgan fingerprint density at radius 3 is 2.00 bits per heavy atom. The van der Waals surface area contributed by atoms with Gasteiger partial charge < -0.3 is 28.8 Å². The zero-order valence-corrected chi connectivity index (χ0v) is 21.3. The van der Waals surface area contributed by atoms with Gasteiger partial charge in [0.15, 0.2) is 28.8 Å². The molecule has 4 rings (SSSR count). The van der Waals surface area contributed by atoms with Crippen molar-refractivity contribution in [2.45, 2.75) is 6.92 Å². The lowest BCUT2D eigenvalue weighted by Gasteiger charge is -2.12. The maximum atomic E-state index is 12.9. The van der Waals surface area contributed by atoms with Gasteiger partial charge in [0.2, 0.25) is 10.7 Å². The summed E-state index contributed by atoms with van der Waals surface area (Å²) in [6.07, 6.45) is 1.74. The first-order valence-electron chi connectivity index (χ1n) is 10.4. The predicted molar refractivity (Wildman–Crippen MR) is 134 cm³/mol. The number of ether oxygens (including phenoxy) is 5. The smallest absolute Gasteiger partial charge is 0.300 e. The zero-order valence-electron chi connectivity index (χ0n) is 20.5. The van der Waals surface area contributed by atoms with Gasteiger partial charge in [-0.15, -0.1) is 5.10 Å². The molecular weight excluding hydrogens is 490 g/mol. The molecule has 0 aliphatic rings. The number of methoxy groups -OCH3 is 5. The Labute approximate surface area is 210 Å². The fraction of sp³-hybridized carbons (Fsp3) is 0.250. The molecule has 0 unspecified atom stereocenters. The summed E-state index contributed by atoms with van der Waals surface area (Å²) in [7, 11) is 7.74. The molecule has 0 aliphatic heterocycles. The third-order valence-electron chi connectivity index (χ3n) is 4.81. The summed E-state index contributed by atoms with van der Waals surface area (Å²) in [6.45, 7) is 1.08. The van der Waals surface area contributed by atoms with E-state index in [9.17, 15) is 4.79 Å². The van der Waals surface area contributed by atoms with Crippen molar-refractivity contribution < 1.29 is 33.6 Å². The Hall–Kier alpha value is -4.32. The predicted octanol–water partition coefficient (Wildman–Crippen LogP) is 2.50. The molecule has 12 heteroatoms. The van der Waals surface area contributed by atoms with E-state index in [1.807, 2.05) is 6.07 Å². The summed E-state index contributed by atoms with van der Waals surface area (Å²) >= 11 is 1.24. The second kappa shape index (κ2) is 11.4. The molecule has 36 heavy (non-hydrogen) atoms. The SMILES string of the molecule is CC(=O)O.COc1ccc(-c2nc3s/c(=C\c4cc(OC)c(OC)c(OC)c4)c(=O)n3n2)cc1OC. The normalized spacial score (nSPS) is 11.0. The van der Waals surface area contributed by atoms with E-state index in [2.05, 4.69) is 10.1 Å². The molecule has 0 saturated carbocycles. The second-order valence-corrected chi connectivity index (χ2v) is 8.10. The number of aromatic nitrogens is 3. The summed E-state index contributed by atoms with van der Waals surface area (Å²) in [5.41, 5.74) is 1.17. The molecule has 0 spiro atoms. The fourth-order valence-electron chi connectivity index (χ4n) is 3.27. The Kier molecular flexibility index (Phi) is 8.33. The topological polar surface area (TPSA) is 131 Å². The van der Waals surface area contributed by atoms with Crippen molar-refractivity contribution in [3.8, 4) is 40.1 Å². The lowest BCUT2D eigenvalue weighted by molar-refractivity contribution is -0.134. The molecule has 0 atom stereocenters. The number of hydrogen-bond acceptors (Lipinski definition) is 10. The van der Waals surface area contributed by atoms with E-state index in [0.29, 0.717) is 49.6 Å². The van der Waals surface area contributed by atoms with Crippen LogP contribution in [0.15, 0.2) is 35.1 Å². The molecule has 2 aromatic carbocycles. The molecule has 2 heterocycles. The third-order valence-corrected chi connectivity index (χ3v) is 5.77. The number of thiazole rings is 1. The summed E-state index contributed by atoms with van der Waals surface area (Å²) < 4.78 is 28.5. The number of benzene rings is 2. The van der Waals surface area contributed by atoms with Crippen molar-refractivity contribution in [3.05, 3.63) is 50.8 Å². The summed E-state index contributed by atoms with van der Waals surface area (Å²) in [4.78, 5) is 26.9. The van der Waals surface area contributed by atoms with Gasteiger partial charge in [0.05, 0.1) is 40.1 Å². The summed E-state index contributed by atoms with van der Waals surface area (Å²) in [5.74, 6) is 2.23. The second-order valence-electron chi connectivity index (χ2n) is 7.09. The van der Waals surface area contributed by atoms with E-state index >= 15 is 0 Å². The minimum absolute atomic E-state index is 0.266. The molecule has 11 nitrogen and oxygen atoms in total. The van der Waals surface area contributed by atoms with Crippen LogP contribution >= 0.6 is 11.3 Å². The standard InChI is InChI=1S/C22H21N3O6S.C2H4O2/c1-27-14-7-6-13(11-15(14)28-2)20-23-22-25(24-20)21(26)18(32-22)10-12-8-16(29-3)19(31-5)17(9-12)30-4;1-2(3)4/h6-11H,1-5H3;1H3,(H,3,4)/b18-10-;. The first-order chi connectivity index (χ1) is 17.3. The van der Waals surface area contributed by atoms with E-state index < -0.39 is 5.97 Å². The number of carboxylic acid groups (broad SMARTS) is 1. The molecule has 0 fully saturated rings. The van der Waals surface area contributed by atoms with Gasteiger partial charge in [-0.3, -0.25) is 9.59 Å². The number of aliphatic carboxylic acids is 1. The highest BCUT2D eigenvalue weighted by molar-refractivity contribution is 7.15. The van der Waals surface area contributed by atoms with Gasteiger partial charge in [-0.2, -0.15) is 9.50 Å². The Morgan fingerprint density at radius 1 is 0.917 bits per heavy atom. The van der Waals surface area contributed by atoms with Crippen LogP contribution in [-0.4, -0.2) is 61.2 Å². The number of fused-ring (bicyclic) bond motifs is 1. The van der Waals surface area contributed by atoms with Crippen LogP contribution < -0.4 is 33.8 Å². The van der Waals surface area contributed by atoms with Crippen LogP contribution in [0.4, 0.5) is 0 Å². The molecule has 0 saturated heterocycles. The van der Waals surface area contributed by atoms with E-state index in [1.54, 1.807) is 58.8 Å². The van der Waals surface area contributed by atoms with E-state index in [0.717, 1.165) is 12.5 Å². The number of nitrogens with zero attached hydrogens (tertiary/aromatic N) is 3. The molecule has 1 N–H and O–H groups in total. The van der Waals surface area contributed by atoms with Gasteiger partial charge in [0, 0.05) is 12.5 Å². The lowest BCUT2D eigenvalue weighted by Crippen LogP contribution is -2.23. The number of hydrogen-bond donors (Lipinski definition) is 1. The Morgan fingerprint density at radius 2 is 1.50 bits per heavy atom. The maximum Gasteiger partial charge on any atom is 0.300 e. The van der Waals surface area contributed by atoms with Crippen molar-refractivity contribution >= 4 is 28.3 Å². The third kappa shape index (κ3) is 5.49. The van der Waals surface area contributed by atoms with E-state index in [-0.39, 0.29) is 5.56 Å². The monoisotopic (exact) mass is 515 g/mol. The minimum atomic E-state index is -0.833. The van der Waals surface area contributed by atoms with Crippen molar-refractivity contribution in [1.82, 2.24) is 14.6 Å². The van der Waals surface area contributed by atoms with Crippen LogP contribution in [-0.2, 0) is 4.79 Å². The summed E-state index contributed by atoms with van der Waals surface area (Å²) in [5, 5.41) is 11.8. The molecule has 0 amide bonds. The molecule has 0 bridgehead atoms. The Bertz CT molecular complexity index is 1470. The van der Waals surface area contributed by atoms with Crippen molar-refractivity contribution in [2.24, 2.45) is 0 Å². The molecule has 0 aliphatic carbocycles. The Balaban J connectivity index is 0.000000840.